The van der Waals surface area contributed by atoms with Crippen LogP contribution in [0.5, 0.6) is 0 Å². The molecular formula is C23H20FN3O6. The molecule has 4 amide bonds. The second kappa shape index (κ2) is 8.28. The average molecular weight is 453 g/mol. The maximum absolute atomic E-state index is 14.3. The molecular weight excluding hydrogens is 433 g/mol. The lowest BCUT2D eigenvalue weighted by Gasteiger charge is -2.27. The number of ether oxygens (including phenoxy) is 2. The second-order valence-corrected chi connectivity index (χ2v) is 8.07. The third-order valence-corrected chi connectivity index (χ3v) is 5.85. The summed E-state index contributed by atoms with van der Waals surface area (Å²) < 4.78 is 24.8. The largest absolute Gasteiger partial charge is 0.442 e. The fourth-order valence-corrected chi connectivity index (χ4v) is 4.25. The van der Waals surface area contributed by atoms with Gasteiger partial charge < -0.3 is 14.4 Å². The molecule has 0 aliphatic carbocycles. The third-order valence-electron chi connectivity index (χ3n) is 5.85. The molecule has 2 saturated heterocycles. The number of benzene rings is 2. The first-order valence-corrected chi connectivity index (χ1v) is 10.5. The highest BCUT2D eigenvalue weighted by molar-refractivity contribution is 6.21. The summed E-state index contributed by atoms with van der Waals surface area (Å²) in [7, 11) is 0. The summed E-state index contributed by atoms with van der Waals surface area (Å²) in [6.07, 6.45) is -1.46. The fourth-order valence-electron chi connectivity index (χ4n) is 4.25. The van der Waals surface area contributed by atoms with Crippen LogP contribution in [0.15, 0.2) is 42.5 Å². The smallest absolute Gasteiger partial charge is 0.414 e. The Kier molecular flexibility index (Phi) is 5.29. The van der Waals surface area contributed by atoms with Crippen molar-refractivity contribution in [3.8, 4) is 0 Å². The molecule has 0 radical (unpaired) electrons. The number of nitrogens with zero attached hydrogens (tertiary/aromatic N) is 3. The fraction of sp³-hybridized carbons (Fsp3) is 0.304. The van der Waals surface area contributed by atoms with Gasteiger partial charge in [0.1, 0.15) is 18.5 Å². The van der Waals surface area contributed by atoms with Gasteiger partial charge in [-0.05, 0) is 35.9 Å². The van der Waals surface area contributed by atoms with Gasteiger partial charge in [-0.25, -0.2) is 9.18 Å². The van der Waals surface area contributed by atoms with Crippen molar-refractivity contribution in [2.24, 2.45) is 0 Å². The minimum atomic E-state index is -0.757. The Morgan fingerprint density at radius 1 is 1.00 bits per heavy atom. The molecule has 2 aromatic rings. The van der Waals surface area contributed by atoms with E-state index in [4.69, 9.17) is 9.47 Å². The predicted octanol–water partition coefficient (Wildman–Crippen LogP) is 1.81. The lowest BCUT2D eigenvalue weighted by molar-refractivity contribution is -0.143. The molecule has 0 saturated carbocycles. The van der Waals surface area contributed by atoms with Crippen molar-refractivity contribution < 1.29 is 33.0 Å². The minimum Gasteiger partial charge on any atom is -0.442 e. The van der Waals surface area contributed by atoms with Crippen molar-refractivity contribution in [1.82, 2.24) is 9.80 Å². The molecule has 3 aliphatic heterocycles. The molecule has 3 aliphatic rings. The van der Waals surface area contributed by atoms with E-state index >= 15 is 0 Å². The van der Waals surface area contributed by atoms with Crippen molar-refractivity contribution in [1.29, 1.82) is 0 Å². The summed E-state index contributed by atoms with van der Waals surface area (Å²) in [6.45, 7) is 0.934. The first-order valence-electron chi connectivity index (χ1n) is 10.5. The molecule has 170 valence electrons. The van der Waals surface area contributed by atoms with Crippen molar-refractivity contribution in [2.75, 3.05) is 37.7 Å². The van der Waals surface area contributed by atoms with Gasteiger partial charge in [0.05, 0.1) is 36.5 Å². The average Bonchev–Trinajstić information content (AvgIpc) is 3.28. The highest BCUT2D eigenvalue weighted by Gasteiger charge is 2.40. The zero-order valence-electron chi connectivity index (χ0n) is 17.5. The number of imide groups is 1. The van der Waals surface area contributed by atoms with Crippen LogP contribution in [0.1, 0.15) is 26.3 Å². The minimum absolute atomic E-state index is 0.0138. The van der Waals surface area contributed by atoms with E-state index in [1.807, 2.05) is 0 Å². The van der Waals surface area contributed by atoms with Crippen molar-refractivity contribution in [2.45, 2.75) is 12.6 Å². The van der Waals surface area contributed by atoms with Crippen LogP contribution < -0.4 is 4.90 Å². The van der Waals surface area contributed by atoms with E-state index < -0.39 is 29.8 Å². The molecule has 2 fully saturated rings. The lowest BCUT2D eigenvalue weighted by Crippen LogP contribution is -2.41. The van der Waals surface area contributed by atoms with E-state index in [0.29, 0.717) is 29.8 Å². The number of rotatable bonds is 5. The van der Waals surface area contributed by atoms with Crippen LogP contribution in [0, 0.1) is 5.82 Å². The molecule has 10 heteroatoms. The second-order valence-electron chi connectivity index (χ2n) is 8.07. The molecule has 33 heavy (non-hydrogen) atoms. The van der Waals surface area contributed by atoms with Crippen LogP contribution in [-0.2, 0) is 20.8 Å². The lowest BCUT2D eigenvalue weighted by atomic mass is 10.1. The zero-order valence-corrected chi connectivity index (χ0v) is 17.5. The van der Waals surface area contributed by atoms with Crippen LogP contribution in [0.2, 0.25) is 0 Å². The maximum atomic E-state index is 14.3. The van der Waals surface area contributed by atoms with Crippen LogP contribution in [0.3, 0.4) is 0 Å². The van der Waals surface area contributed by atoms with E-state index in [0.717, 1.165) is 4.90 Å². The molecule has 0 unspecified atom stereocenters. The SMILES string of the molecule is O=C1COCCN1Cc1cc(F)cc(N2C[C@@H](CN3C(=O)c4ccccc4C3=O)OC2=O)c1. The molecule has 2 aromatic carbocycles. The van der Waals surface area contributed by atoms with Crippen LogP contribution in [-0.4, -0.2) is 72.6 Å². The number of halogens is 1. The molecule has 3 heterocycles. The van der Waals surface area contributed by atoms with Gasteiger partial charge >= 0.3 is 6.09 Å². The number of hydrogen-bond donors (Lipinski definition) is 0. The highest BCUT2D eigenvalue weighted by Crippen LogP contribution is 2.28. The Hall–Kier alpha value is -3.79. The summed E-state index contributed by atoms with van der Waals surface area (Å²) in [5.74, 6) is -1.62. The van der Waals surface area contributed by atoms with E-state index in [1.54, 1.807) is 35.2 Å². The zero-order chi connectivity index (χ0) is 23.1. The van der Waals surface area contributed by atoms with Crippen LogP contribution in [0.4, 0.5) is 14.9 Å². The Balaban J connectivity index is 1.30. The molecule has 1 atom stereocenters. The van der Waals surface area contributed by atoms with Gasteiger partial charge in [0.25, 0.3) is 11.8 Å². The van der Waals surface area contributed by atoms with Gasteiger partial charge in [0, 0.05) is 13.1 Å². The number of anilines is 1. The molecule has 9 nitrogen and oxygen atoms in total. The molecule has 0 bridgehead atoms. The van der Waals surface area contributed by atoms with Crippen LogP contribution >= 0.6 is 0 Å². The number of hydrogen-bond acceptors (Lipinski definition) is 6. The number of carbonyl (C=O) groups excluding carboxylic acids is 4. The Labute approximate surface area is 188 Å². The van der Waals surface area contributed by atoms with E-state index in [9.17, 15) is 23.6 Å². The number of morpholine rings is 1. The molecule has 0 aromatic heterocycles. The number of carbonyl (C=O) groups is 4. The first kappa shape index (κ1) is 21.1. The molecule has 5 rings (SSSR count). The van der Waals surface area contributed by atoms with E-state index in [-0.39, 0.29) is 37.8 Å². The summed E-state index contributed by atoms with van der Waals surface area (Å²) in [5.41, 5.74) is 1.43. The Morgan fingerprint density at radius 3 is 2.42 bits per heavy atom. The van der Waals surface area contributed by atoms with Gasteiger partial charge in [-0.2, -0.15) is 0 Å². The monoisotopic (exact) mass is 453 g/mol. The maximum Gasteiger partial charge on any atom is 0.414 e. The third kappa shape index (κ3) is 3.93. The molecule has 0 N–H and O–H groups in total. The predicted molar refractivity (Wildman–Crippen MR) is 112 cm³/mol. The van der Waals surface area contributed by atoms with Gasteiger partial charge in [0.15, 0.2) is 0 Å². The topological polar surface area (TPSA) is 96.5 Å². The number of amides is 4. The van der Waals surface area contributed by atoms with Gasteiger partial charge in [-0.15, -0.1) is 0 Å². The quantitative estimate of drug-likeness (QED) is 0.641. The normalized spacial score (nSPS) is 20.5. The molecule has 0 spiro atoms. The highest BCUT2D eigenvalue weighted by atomic mass is 19.1. The van der Waals surface area contributed by atoms with Crippen LogP contribution in [0.25, 0.3) is 0 Å². The van der Waals surface area contributed by atoms with Gasteiger partial charge in [-0.1, -0.05) is 12.1 Å². The number of cyclic esters (lactones) is 1. The van der Waals surface area contributed by atoms with Crippen molar-refractivity contribution >= 4 is 29.5 Å². The van der Waals surface area contributed by atoms with E-state index in [1.165, 1.54) is 17.0 Å². The summed E-state index contributed by atoms with van der Waals surface area (Å²) in [6, 6.07) is 10.7. The van der Waals surface area contributed by atoms with Gasteiger partial charge in [-0.3, -0.25) is 24.2 Å². The summed E-state index contributed by atoms with van der Waals surface area (Å²) >= 11 is 0. The summed E-state index contributed by atoms with van der Waals surface area (Å²) in [5, 5.41) is 0. The van der Waals surface area contributed by atoms with Crippen molar-refractivity contribution in [3.05, 3.63) is 65.0 Å². The first-order chi connectivity index (χ1) is 15.9. The Morgan fingerprint density at radius 2 is 1.73 bits per heavy atom. The summed E-state index contributed by atoms with van der Waals surface area (Å²) in [4.78, 5) is 53.6. The van der Waals surface area contributed by atoms with Crippen molar-refractivity contribution in [3.63, 3.8) is 0 Å². The van der Waals surface area contributed by atoms with Gasteiger partial charge in [0.2, 0.25) is 5.91 Å². The van der Waals surface area contributed by atoms with E-state index in [2.05, 4.69) is 0 Å². The number of fused-ring (bicyclic) bond motifs is 1. The Bertz CT molecular complexity index is 1130. The standard InChI is InChI=1S/C23H20FN3O6/c24-15-7-14(10-25-5-6-32-13-20(25)28)8-16(9-15)26-11-17(33-23(26)31)12-27-21(29)18-3-1-2-4-19(18)22(27)30/h1-4,7-9,17H,5-6,10-13H2/t17-/m0/s1.